The zero-order valence-corrected chi connectivity index (χ0v) is 24.6. The number of hydrogen-bond donors (Lipinski definition) is 1. The molecule has 9 nitrogen and oxygen atoms in total. The standard InChI is InChI=1S/C28H37N5O4S2/c1-17(2)13-20(27(36)33-14-23(38-4)25-24(33)22(34)15-37-25)29-26(35)19-7-5-18(6-8-19)21-16-39-28(30-21)32-11-9-31(3)10-12-32/h5-8,16-17,20,23-25H,9-15H2,1-4H3,(H,29,35)/t20?,23-,24+,25+/m0/s1. The van der Waals surface area contributed by atoms with Crippen molar-refractivity contribution in [2.24, 2.45) is 5.92 Å². The Bertz CT molecular complexity index is 1190. The molecule has 0 aliphatic carbocycles. The summed E-state index contributed by atoms with van der Waals surface area (Å²) in [6.45, 7) is 8.53. The first-order valence-corrected chi connectivity index (χ1v) is 15.7. The number of aromatic nitrogens is 1. The maximum Gasteiger partial charge on any atom is 0.251 e. The van der Waals surface area contributed by atoms with Gasteiger partial charge in [0.1, 0.15) is 18.7 Å². The molecule has 0 radical (unpaired) electrons. The highest BCUT2D eigenvalue weighted by Crippen LogP contribution is 2.34. The van der Waals surface area contributed by atoms with Gasteiger partial charge in [-0.2, -0.15) is 11.8 Å². The second kappa shape index (κ2) is 12.0. The number of rotatable bonds is 8. The van der Waals surface area contributed by atoms with E-state index in [1.807, 2.05) is 32.2 Å². The molecule has 1 aromatic heterocycles. The summed E-state index contributed by atoms with van der Waals surface area (Å²) < 4.78 is 5.71. The highest BCUT2D eigenvalue weighted by molar-refractivity contribution is 7.99. The summed E-state index contributed by atoms with van der Waals surface area (Å²) in [7, 11) is 2.14. The van der Waals surface area contributed by atoms with E-state index in [0.717, 1.165) is 42.6 Å². The van der Waals surface area contributed by atoms with Gasteiger partial charge in [0.25, 0.3) is 5.91 Å². The number of likely N-dealkylation sites (N-methyl/N-ethyl adjacent to an activating group) is 1. The number of likely N-dealkylation sites (tertiary alicyclic amines) is 1. The first-order chi connectivity index (χ1) is 18.7. The van der Waals surface area contributed by atoms with Crippen LogP contribution in [0.15, 0.2) is 29.6 Å². The first-order valence-electron chi connectivity index (χ1n) is 13.5. The lowest BCUT2D eigenvalue weighted by atomic mass is 10.0. The molecule has 3 aliphatic rings. The number of fused-ring (bicyclic) bond motifs is 1. The number of hydrogen-bond acceptors (Lipinski definition) is 9. The zero-order chi connectivity index (χ0) is 27.7. The van der Waals surface area contributed by atoms with E-state index in [0.29, 0.717) is 18.5 Å². The minimum Gasteiger partial charge on any atom is -0.367 e. The molecule has 210 valence electrons. The second-order valence-corrected chi connectivity index (χ2v) is 12.9. The number of benzene rings is 1. The van der Waals surface area contributed by atoms with Crippen LogP contribution < -0.4 is 10.2 Å². The topological polar surface area (TPSA) is 95.1 Å². The molecule has 2 aromatic rings. The van der Waals surface area contributed by atoms with Crippen LogP contribution in [0.1, 0.15) is 30.6 Å². The van der Waals surface area contributed by atoms with Crippen molar-refractivity contribution in [1.82, 2.24) is 20.1 Å². The number of thiazole rings is 1. The van der Waals surface area contributed by atoms with Crippen molar-refractivity contribution in [3.63, 3.8) is 0 Å². The van der Waals surface area contributed by atoms with Crippen LogP contribution in [0.2, 0.25) is 0 Å². The Balaban J connectivity index is 1.26. The van der Waals surface area contributed by atoms with Crippen molar-refractivity contribution in [3.05, 3.63) is 35.2 Å². The summed E-state index contributed by atoms with van der Waals surface area (Å²) in [6, 6.07) is 6.09. The molecule has 5 rings (SSSR count). The number of amides is 2. The first kappa shape index (κ1) is 28.1. The number of thioether (sulfide) groups is 1. The minimum absolute atomic E-state index is 0.0413. The second-order valence-electron chi connectivity index (χ2n) is 11.0. The Morgan fingerprint density at radius 3 is 2.56 bits per heavy atom. The van der Waals surface area contributed by atoms with Crippen molar-refractivity contribution < 1.29 is 19.1 Å². The van der Waals surface area contributed by atoms with E-state index >= 15 is 0 Å². The summed E-state index contributed by atoms with van der Waals surface area (Å²) in [5, 5.41) is 6.09. The fraction of sp³-hybridized carbons (Fsp3) is 0.571. The Morgan fingerprint density at radius 1 is 1.18 bits per heavy atom. The van der Waals surface area contributed by atoms with Crippen LogP contribution in [0, 0.1) is 5.92 Å². The molecular weight excluding hydrogens is 534 g/mol. The smallest absolute Gasteiger partial charge is 0.251 e. The van der Waals surface area contributed by atoms with E-state index in [1.54, 1.807) is 40.1 Å². The number of nitrogens with one attached hydrogen (secondary N) is 1. The molecule has 11 heteroatoms. The average molecular weight is 572 g/mol. The molecule has 4 heterocycles. The number of ketones is 1. The van der Waals surface area contributed by atoms with E-state index in [4.69, 9.17) is 9.72 Å². The zero-order valence-electron chi connectivity index (χ0n) is 23.0. The lowest BCUT2D eigenvalue weighted by Gasteiger charge is -2.32. The SMILES string of the molecule is CS[C@H]1CN(C(=O)C(CC(C)C)NC(=O)c2ccc(-c3csc(N4CCN(C)CC4)n3)cc2)[C@@H]2C(=O)CO[C@H]12. The number of carbonyl (C=O) groups is 3. The van der Waals surface area contributed by atoms with Crippen molar-refractivity contribution in [2.75, 3.05) is 57.5 Å². The highest BCUT2D eigenvalue weighted by Gasteiger charge is 2.52. The third-order valence-electron chi connectivity index (χ3n) is 7.74. The van der Waals surface area contributed by atoms with Gasteiger partial charge in [0, 0.05) is 49.2 Å². The Hall–Kier alpha value is -2.47. The van der Waals surface area contributed by atoms with Gasteiger partial charge in [-0.25, -0.2) is 4.98 Å². The average Bonchev–Trinajstić information content (AvgIpc) is 3.65. The van der Waals surface area contributed by atoms with Gasteiger partial charge < -0.3 is 24.8 Å². The lowest BCUT2D eigenvalue weighted by molar-refractivity contribution is -0.138. The normalized spacial score (nSPS) is 24.3. The molecule has 3 aliphatic heterocycles. The summed E-state index contributed by atoms with van der Waals surface area (Å²) in [5.74, 6) is -0.389. The molecule has 0 saturated carbocycles. The molecular formula is C28H37N5O4S2. The predicted molar refractivity (Wildman–Crippen MR) is 156 cm³/mol. The third-order valence-corrected chi connectivity index (χ3v) is 9.67. The fourth-order valence-corrected chi connectivity index (χ4v) is 7.21. The number of ether oxygens (including phenoxy) is 1. The van der Waals surface area contributed by atoms with Crippen molar-refractivity contribution in [1.29, 1.82) is 0 Å². The molecule has 0 bridgehead atoms. The Labute approximate surface area is 238 Å². The largest absolute Gasteiger partial charge is 0.367 e. The van der Waals surface area contributed by atoms with E-state index in [1.165, 1.54) is 0 Å². The van der Waals surface area contributed by atoms with Gasteiger partial charge in [-0.3, -0.25) is 14.4 Å². The molecule has 1 unspecified atom stereocenters. The van der Waals surface area contributed by atoms with Crippen LogP contribution in [0.3, 0.4) is 0 Å². The van der Waals surface area contributed by atoms with Crippen molar-refractivity contribution in [2.45, 2.75) is 43.7 Å². The summed E-state index contributed by atoms with van der Waals surface area (Å²) >= 11 is 3.25. The number of Topliss-reactive ketones (excluding diaryl/α,β-unsaturated/α-hetero) is 1. The number of anilines is 1. The van der Waals surface area contributed by atoms with Crippen LogP contribution in [0.25, 0.3) is 11.3 Å². The van der Waals surface area contributed by atoms with Gasteiger partial charge in [0.05, 0.1) is 17.0 Å². The lowest BCUT2D eigenvalue weighted by Crippen LogP contribution is -2.52. The molecule has 39 heavy (non-hydrogen) atoms. The van der Waals surface area contributed by atoms with E-state index < -0.39 is 12.1 Å². The van der Waals surface area contributed by atoms with E-state index in [-0.39, 0.29) is 41.5 Å². The van der Waals surface area contributed by atoms with Crippen LogP contribution in [0.4, 0.5) is 5.13 Å². The number of piperazine rings is 1. The van der Waals surface area contributed by atoms with Gasteiger partial charge in [-0.1, -0.05) is 26.0 Å². The third kappa shape index (κ3) is 6.01. The number of carbonyl (C=O) groups excluding carboxylic acids is 3. The van der Waals surface area contributed by atoms with Crippen molar-refractivity contribution >= 4 is 45.8 Å². The molecule has 1 N–H and O–H groups in total. The number of nitrogens with zero attached hydrogens (tertiary/aromatic N) is 4. The van der Waals surface area contributed by atoms with Gasteiger partial charge in [0.15, 0.2) is 10.9 Å². The van der Waals surface area contributed by atoms with Gasteiger partial charge in [-0.05, 0) is 37.8 Å². The predicted octanol–water partition coefficient (Wildman–Crippen LogP) is 2.62. The summed E-state index contributed by atoms with van der Waals surface area (Å²) in [4.78, 5) is 50.6. The Kier molecular flexibility index (Phi) is 8.60. The van der Waals surface area contributed by atoms with Crippen LogP contribution in [-0.2, 0) is 14.3 Å². The minimum atomic E-state index is -0.712. The molecule has 0 spiro atoms. The molecule has 4 atom stereocenters. The molecule has 3 saturated heterocycles. The maximum absolute atomic E-state index is 13.7. The van der Waals surface area contributed by atoms with E-state index in [9.17, 15) is 14.4 Å². The fourth-order valence-electron chi connectivity index (χ4n) is 5.51. The maximum atomic E-state index is 13.7. The van der Waals surface area contributed by atoms with Crippen LogP contribution in [0.5, 0.6) is 0 Å². The highest BCUT2D eigenvalue weighted by atomic mass is 32.2. The van der Waals surface area contributed by atoms with Crippen LogP contribution in [-0.4, -0.2) is 108 Å². The Morgan fingerprint density at radius 2 is 1.90 bits per heavy atom. The monoisotopic (exact) mass is 571 g/mol. The molecule has 3 fully saturated rings. The van der Waals surface area contributed by atoms with Gasteiger partial charge in [0.2, 0.25) is 5.91 Å². The molecule has 2 amide bonds. The van der Waals surface area contributed by atoms with Gasteiger partial charge in [-0.15, -0.1) is 11.3 Å². The van der Waals surface area contributed by atoms with E-state index in [2.05, 4.69) is 27.5 Å². The molecule has 1 aromatic carbocycles. The van der Waals surface area contributed by atoms with Crippen molar-refractivity contribution in [3.8, 4) is 11.3 Å². The quantitative estimate of drug-likeness (QED) is 0.517. The summed E-state index contributed by atoms with van der Waals surface area (Å²) in [6.07, 6.45) is 2.18. The van der Waals surface area contributed by atoms with Crippen LogP contribution >= 0.6 is 23.1 Å². The van der Waals surface area contributed by atoms with Gasteiger partial charge >= 0.3 is 0 Å². The summed E-state index contributed by atoms with van der Waals surface area (Å²) in [5.41, 5.74) is 2.32.